The molecule has 0 aromatic rings. The van der Waals surface area contributed by atoms with Crippen LogP contribution in [-0.2, 0) is 9.59 Å². The molecule has 0 radical (unpaired) electrons. The fraction of sp³-hybridized carbons (Fsp3) is 0.667. The Kier molecular flexibility index (Phi) is 1.05. The third-order valence-electron chi connectivity index (χ3n) is 2.01. The first kappa shape index (κ1) is 5.85. The van der Waals surface area contributed by atoms with Crippen LogP contribution in [0.4, 0.5) is 0 Å². The normalized spacial score (nSPS) is 38.0. The van der Waals surface area contributed by atoms with Crippen molar-refractivity contribution in [3.05, 3.63) is 0 Å². The molecule has 2 bridgehead atoms. The van der Waals surface area contributed by atoms with Crippen molar-refractivity contribution < 1.29 is 9.59 Å². The number of hydrogen-bond donors (Lipinski definition) is 1. The number of nitrogens with one attached hydrogen (secondary N) is 1. The zero-order valence-corrected chi connectivity index (χ0v) is 5.46. The number of ketones is 1. The molecule has 1 amide bonds. The molecular formula is C6H8N2O2. The number of hydrazine groups is 1. The molecular weight excluding hydrogens is 132 g/mol. The second-order valence-electron chi connectivity index (χ2n) is 2.71. The van der Waals surface area contributed by atoms with Crippen LogP contribution in [-0.4, -0.2) is 29.8 Å². The SMILES string of the molecule is O=C1CN2CCC1C(=O)N2. The van der Waals surface area contributed by atoms with Crippen LogP contribution in [0.3, 0.4) is 0 Å². The number of hydrogen-bond acceptors (Lipinski definition) is 3. The molecule has 54 valence electrons. The van der Waals surface area contributed by atoms with Crippen LogP contribution < -0.4 is 5.43 Å². The summed E-state index contributed by atoms with van der Waals surface area (Å²) in [6.45, 7) is 1.22. The molecule has 2 atom stereocenters. The number of amides is 1. The lowest BCUT2D eigenvalue weighted by atomic mass is 9.93. The van der Waals surface area contributed by atoms with Gasteiger partial charge in [0.15, 0.2) is 5.78 Å². The Hall–Kier alpha value is -0.900. The van der Waals surface area contributed by atoms with E-state index in [1.54, 1.807) is 5.01 Å². The summed E-state index contributed by atoms with van der Waals surface area (Å²) >= 11 is 0. The Morgan fingerprint density at radius 1 is 1.50 bits per heavy atom. The quantitative estimate of drug-likeness (QED) is 0.435. The van der Waals surface area contributed by atoms with Crippen molar-refractivity contribution in [1.29, 1.82) is 0 Å². The van der Waals surface area contributed by atoms with Gasteiger partial charge in [-0.1, -0.05) is 0 Å². The number of carbonyl (C=O) groups is 2. The van der Waals surface area contributed by atoms with Gasteiger partial charge < -0.3 is 0 Å². The topological polar surface area (TPSA) is 49.4 Å². The minimum atomic E-state index is -0.343. The van der Waals surface area contributed by atoms with Gasteiger partial charge in [-0.25, -0.2) is 5.01 Å². The second-order valence-corrected chi connectivity index (χ2v) is 2.71. The van der Waals surface area contributed by atoms with Gasteiger partial charge in [-0.05, 0) is 6.42 Å². The molecule has 3 rings (SSSR count). The predicted molar refractivity (Wildman–Crippen MR) is 32.8 cm³/mol. The van der Waals surface area contributed by atoms with Gasteiger partial charge in [-0.2, -0.15) is 0 Å². The summed E-state index contributed by atoms with van der Waals surface area (Å²) in [7, 11) is 0. The van der Waals surface area contributed by atoms with Crippen LogP contribution in [0.2, 0.25) is 0 Å². The van der Waals surface area contributed by atoms with Crippen LogP contribution in [0, 0.1) is 5.92 Å². The van der Waals surface area contributed by atoms with Crippen molar-refractivity contribution in [3.8, 4) is 0 Å². The van der Waals surface area contributed by atoms with E-state index in [1.165, 1.54) is 0 Å². The van der Waals surface area contributed by atoms with Crippen LogP contribution >= 0.6 is 0 Å². The molecule has 1 N–H and O–H groups in total. The van der Waals surface area contributed by atoms with Gasteiger partial charge in [-0.3, -0.25) is 15.0 Å². The van der Waals surface area contributed by atoms with Gasteiger partial charge in [0, 0.05) is 6.54 Å². The minimum absolute atomic E-state index is 0.0648. The van der Waals surface area contributed by atoms with Gasteiger partial charge >= 0.3 is 0 Å². The van der Waals surface area contributed by atoms with E-state index in [1.807, 2.05) is 0 Å². The molecule has 3 aliphatic rings. The molecule has 3 aliphatic heterocycles. The first-order chi connectivity index (χ1) is 4.77. The average molecular weight is 140 g/mol. The maximum Gasteiger partial charge on any atom is 0.244 e. The fourth-order valence-corrected chi connectivity index (χ4v) is 1.43. The van der Waals surface area contributed by atoms with E-state index in [-0.39, 0.29) is 17.6 Å². The van der Waals surface area contributed by atoms with E-state index < -0.39 is 0 Å². The molecule has 10 heavy (non-hydrogen) atoms. The largest absolute Gasteiger partial charge is 0.297 e. The lowest BCUT2D eigenvalue weighted by molar-refractivity contribution is -0.149. The number of Topliss-reactive ketones (excluding diaryl/α,β-unsaturated/α-hetero) is 1. The monoisotopic (exact) mass is 140 g/mol. The van der Waals surface area contributed by atoms with E-state index in [0.29, 0.717) is 13.0 Å². The second kappa shape index (κ2) is 1.79. The van der Waals surface area contributed by atoms with Crippen molar-refractivity contribution >= 4 is 11.7 Å². The Labute approximate surface area is 58.2 Å². The van der Waals surface area contributed by atoms with E-state index in [0.717, 1.165) is 6.54 Å². The summed E-state index contributed by atoms with van der Waals surface area (Å²) in [5.41, 5.74) is 2.62. The number of fused-ring (bicyclic) bond motifs is 3. The highest BCUT2D eigenvalue weighted by molar-refractivity contribution is 6.04. The number of piperidine rings is 1. The molecule has 4 nitrogen and oxygen atoms in total. The summed E-state index contributed by atoms with van der Waals surface area (Å²) in [6.07, 6.45) is 0.699. The van der Waals surface area contributed by atoms with Gasteiger partial charge in [0.2, 0.25) is 5.91 Å². The smallest absolute Gasteiger partial charge is 0.244 e. The van der Waals surface area contributed by atoms with Crippen LogP contribution in [0.25, 0.3) is 0 Å². The first-order valence-corrected chi connectivity index (χ1v) is 3.35. The standard InChI is InChI=1S/C6H8N2O2/c9-5-3-8-2-1-4(5)6(10)7-8/h4H,1-3H2,(H,7,10). The minimum Gasteiger partial charge on any atom is -0.297 e. The Morgan fingerprint density at radius 3 is 2.70 bits per heavy atom. The Bertz CT molecular complexity index is 184. The summed E-state index contributed by atoms with van der Waals surface area (Å²) in [6, 6.07) is 0. The summed E-state index contributed by atoms with van der Waals surface area (Å²) in [5, 5.41) is 1.67. The molecule has 4 heteroatoms. The van der Waals surface area contributed by atoms with Crippen LogP contribution in [0.15, 0.2) is 0 Å². The third-order valence-corrected chi connectivity index (χ3v) is 2.01. The highest BCUT2D eigenvalue weighted by Gasteiger charge is 2.38. The van der Waals surface area contributed by atoms with Crippen LogP contribution in [0.1, 0.15) is 6.42 Å². The molecule has 0 aromatic heterocycles. The average Bonchev–Trinajstić information content (AvgIpc) is 1.86. The molecule has 0 aliphatic carbocycles. The first-order valence-electron chi connectivity index (χ1n) is 3.35. The number of nitrogens with zero attached hydrogens (tertiary/aromatic N) is 1. The number of carbonyl (C=O) groups excluding carboxylic acids is 2. The lowest BCUT2D eigenvalue weighted by Crippen LogP contribution is -2.61. The highest BCUT2D eigenvalue weighted by atomic mass is 16.2. The zero-order chi connectivity index (χ0) is 7.14. The van der Waals surface area contributed by atoms with E-state index in [4.69, 9.17) is 0 Å². The Balaban J connectivity index is 2.26. The van der Waals surface area contributed by atoms with Gasteiger partial charge in [0.05, 0.1) is 6.54 Å². The highest BCUT2D eigenvalue weighted by Crippen LogP contribution is 2.17. The van der Waals surface area contributed by atoms with Crippen molar-refractivity contribution in [2.75, 3.05) is 13.1 Å². The lowest BCUT2D eigenvalue weighted by Gasteiger charge is -2.36. The Morgan fingerprint density at radius 2 is 2.30 bits per heavy atom. The van der Waals surface area contributed by atoms with Crippen molar-refractivity contribution in [3.63, 3.8) is 0 Å². The molecule has 3 fully saturated rings. The predicted octanol–water partition coefficient (Wildman–Crippen LogP) is -1.08. The molecule has 0 spiro atoms. The van der Waals surface area contributed by atoms with E-state index in [2.05, 4.69) is 5.43 Å². The molecule has 0 saturated carbocycles. The maximum atomic E-state index is 11.0. The van der Waals surface area contributed by atoms with Crippen molar-refractivity contribution in [1.82, 2.24) is 10.4 Å². The van der Waals surface area contributed by atoms with E-state index in [9.17, 15) is 9.59 Å². The zero-order valence-electron chi connectivity index (χ0n) is 5.46. The summed E-state index contributed by atoms with van der Waals surface area (Å²) < 4.78 is 0. The van der Waals surface area contributed by atoms with E-state index >= 15 is 0 Å². The van der Waals surface area contributed by atoms with Crippen LogP contribution in [0.5, 0.6) is 0 Å². The molecule has 2 unspecified atom stereocenters. The summed E-state index contributed by atoms with van der Waals surface area (Å²) in [5.74, 6) is -0.400. The maximum absolute atomic E-state index is 11.0. The van der Waals surface area contributed by atoms with Crippen molar-refractivity contribution in [2.45, 2.75) is 6.42 Å². The fourth-order valence-electron chi connectivity index (χ4n) is 1.43. The van der Waals surface area contributed by atoms with Gasteiger partial charge in [-0.15, -0.1) is 0 Å². The third kappa shape index (κ3) is 0.654. The molecule has 3 saturated heterocycles. The van der Waals surface area contributed by atoms with Gasteiger partial charge in [0.25, 0.3) is 0 Å². The van der Waals surface area contributed by atoms with Gasteiger partial charge in [0.1, 0.15) is 5.92 Å². The van der Waals surface area contributed by atoms with Crippen molar-refractivity contribution in [2.24, 2.45) is 5.92 Å². The summed E-state index contributed by atoms with van der Waals surface area (Å²) in [4.78, 5) is 21.9. The molecule has 3 heterocycles. The molecule has 0 aromatic carbocycles. The number of rotatable bonds is 0.